The highest BCUT2D eigenvalue weighted by molar-refractivity contribution is 5.94. The molecule has 2 saturated heterocycles. The molecule has 3 N–H and O–H groups in total. The van der Waals surface area contributed by atoms with Crippen molar-refractivity contribution in [2.75, 3.05) is 13.1 Å². The van der Waals surface area contributed by atoms with Gasteiger partial charge in [-0.05, 0) is 61.2 Å². The van der Waals surface area contributed by atoms with Gasteiger partial charge in [0.05, 0.1) is 6.07 Å². The van der Waals surface area contributed by atoms with Gasteiger partial charge in [0.1, 0.15) is 18.1 Å². The fourth-order valence-electron chi connectivity index (χ4n) is 6.76. The van der Waals surface area contributed by atoms with Gasteiger partial charge in [0.25, 0.3) is 0 Å². The van der Waals surface area contributed by atoms with Gasteiger partial charge in [0.2, 0.25) is 23.6 Å². The first-order valence-corrected chi connectivity index (χ1v) is 13.4. The van der Waals surface area contributed by atoms with Crippen LogP contribution in [0.5, 0.6) is 0 Å². The Hall–Kier alpha value is -2.89. The third-order valence-electron chi connectivity index (χ3n) is 8.85. The minimum atomic E-state index is -0.801. The molecule has 4 fully saturated rings. The number of carbonyl (C=O) groups excluding carboxylic acids is 4. The van der Waals surface area contributed by atoms with Gasteiger partial charge in [0, 0.05) is 24.9 Å². The first kappa shape index (κ1) is 24.8. The molecular weight excluding hydrogens is 458 g/mol. The number of likely N-dealkylation sites (tertiary alicyclic amines) is 1. The highest BCUT2D eigenvalue weighted by Gasteiger charge is 2.59. The number of hydrogen-bond acceptors (Lipinski definition) is 5. The van der Waals surface area contributed by atoms with Gasteiger partial charge in [-0.3, -0.25) is 19.2 Å². The van der Waals surface area contributed by atoms with Gasteiger partial charge in [-0.2, -0.15) is 5.26 Å². The minimum Gasteiger partial charge on any atom is -0.356 e. The maximum absolute atomic E-state index is 14.0. The number of allylic oxidation sites excluding steroid dienone is 2. The number of nitrogens with zero attached hydrogens (tertiary/aromatic N) is 2. The highest BCUT2D eigenvalue weighted by Crippen LogP contribution is 2.54. The lowest BCUT2D eigenvalue weighted by molar-refractivity contribution is -0.145. The lowest BCUT2D eigenvalue weighted by Crippen LogP contribution is -2.59. The van der Waals surface area contributed by atoms with Gasteiger partial charge in [0.15, 0.2) is 0 Å². The van der Waals surface area contributed by atoms with Crippen LogP contribution in [0.4, 0.5) is 0 Å². The zero-order valence-electron chi connectivity index (χ0n) is 21.3. The quantitative estimate of drug-likeness (QED) is 0.456. The molecule has 2 bridgehead atoms. The smallest absolute Gasteiger partial charge is 0.246 e. The standard InChI is InChI=1S/C27H37N5O4/c1-27(2,3)22(31-24(34)14-4-5-14)26(36)32-13-19-15-6-7-16(10-15)20(19)21(32)25(35)30-18(12-28)11-17-8-9-29-23(17)33/h6-7,14-22H,4-5,8-11,13H2,1-3H3,(H,29,33)(H,30,35)(H,31,34)/t15-,16+,17+,18+,19-,20+,21+,22-/m1/s1. The molecule has 0 radical (unpaired) electrons. The molecule has 8 atom stereocenters. The number of nitrogens with one attached hydrogen (secondary N) is 3. The van der Waals surface area contributed by atoms with Crippen LogP contribution in [0.1, 0.15) is 52.9 Å². The molecule has 0 unspecified atom stereocenters. The van der Waals surface area contributed by atoms with Gasteiger partial charge in [-0.15, -0.1) is 0 Å². The molecule has 0 aromatic heterocycles. The van der Waals surface area contributed by atoms with Crippen LogP contribution in [0.25, 0.3) is 0 Å². The van der Waals surface area contributed by atoms with Crippen molar-refractivity contribution in [3.05, 3.63) is 12.2 Å². The summed E-state index contributed by atoms with van der Waals surface area (Å²) >= 11 is 0. The van der Waals surface area contributed by atoms with Crippen LogP contribution in [0.3, 0.4) is 0 Å². The van der Waals surface area contributed by atoms with E-state index in [2.05, 4.69) is 34.2 Å². The number of amides is 4. The molecular formula is C27H37N5O4. The number of hydrogen-bond donors (Lipinski definition) is 3. The minimum absolute atomic E-state index is 0.00201. The monoisotopic (exact) mass is 495 g/mol. The lowest BCUT2D eigenvalue weighted by atomic mass is 9.81. The van der Waals surface area contributed by atoms with Gasteiger partial charge >= 0.3 is 0 Å². The van der Waals surface area contributed by atoms with E-state index in [0.29, 0.717) is 25.4 Å². The average Bonchev–Trinajstić information content (AvgIpc) is 3.13. The first-order chi connectivity index (χ1) is 17.1. The Kier molecular flexibility index (Phi) is 6.34. The fourth-order valence-corrected chi connectivity index (χ4v) is 6.76. The zero-order valence-corrected chi connectivity index (χ0v) is 21.3. The van der Waals surface area contributed by atoms with Crippen LogP contribution in [0.2, 0.25) is 0 Å². The van der Waals surface area contributed by atoms with E-state index in [1.165, 1.54) is 0 Å². The maximum atomic E-state index is 14.0. The van der Waals surface area contributed by atoms with Crippen molar-refractivity contribution in [1.82, 2.24) is 20.9 Å². The van der Waals surface area contributed by atoms with E-state index in [0.717, 1.165) is 19.3 Å². The van der Waals surface area contributed by atoms with E-state index in [1.54, 1.807) is 4.90 Å². The number of fused-ring (bicyclic) bond motifs is 5. The summed E-state index contributed by atoms with van der Waals surface area (Å²) in [5, 5.41) is 18.4. The summed E-state index contributed by atoms with van der Waals surface area (Å²) in [6.45, 7) is 6.84. The van der Waals surface area contributed by atoms with Crippen molar-refractivity contribution in [3.63, 3.8) is 0 Å². The van der Waals surface area contributed by atoms with Crippen LogP contribution < -0.4 is 16.0 Å². The summed E-state index contributed by atoms with van der Waals surface area (Å²) in [7, 11) is 0. The number of nitriles is 1. The van der Waals surface area contributed by atoms with Crippen LogP contribution in [0, 0.1) is 52.3 Å². The first-order valence-electron chi connectivity index (χ1n) is 13.4. The highest BCUT2D eigenvalue weighted by atomic mass is 16.2. The molecule has 9 heteroatoms. The molecule has 2 saturated carbocycles. The largest absolute Gasteiger partial charge is 0.356 e. The number of rotatable bonds is 7. The molecule has 9 nitrogen and oxygen atoms in total. The van der Waals surface area contributed by atoms with Crippen molar-refractivity contribution in [3.8, 4) is 6.07 Å². The Bertz CT molecular complexity index is 1020. The van der Waals surface area contributed by atoms with Gasteiger partial charge < -0.3 is 20.9 Å². The SMILES string of the molecule is CC(C)(C)[C@H](NC(=O)C1CC1)C(=O)N1C[C@H]2[C@@H]([C@H]1C(=O)N[C@H](C#N)C[C@@H]1CCNC1=O)[C@H]1C=C[C@@H]2C1. The molecule has 2 heterocycles. The summed E-state index contributed by atoms with van der Waals surface area (Å²) in [6.07, 6.45) is 7.97. The van der Waals surface area contributed by atoms with Crippen LogP contribution in [-0.4, -0.2) is 59.7 Å². The van der Waals surface area contributed by atoms with Crippen molar-refractivity contribution < 1.29 is 19.2 Å². The van der Waals surface area contributed by atoms with E-state index < -0.39 is 23.5 Å². The molecule has 5 rings (SSSR count). The molecule has 4 amide bonds. The summed E-state index contributed by atoms with van der Waals surface area (Å²) in [5.41, 5.74) is -0.525. The Labute approximate surface area is 212 Å². The van der Waals surface area contributed by atoms with Crippen molar-refractivity contribution in [2.24, 2.45) is 40.9 Å². The Morgan fingerprint density at radius 3 is 2.47 bits per heavy atom. The predicted octanol–water partition coefficient (Wildman–Crippen LogP) is 1.11. The van der Waals surface area contributed by atoms with Crippen LogP contribution in [-0.2, 0) is 19.2 Å². The average molecular weight is 496 g/mol. The fraction of sp³-hybridized carbons (Fsp3) is 0.741. The molecule has 36 heavy (non-hydrogen) atoms. The second-order valence-corrected chi connectivity index (χ2v) is 12.4. The topological polar surface area (TPSA) is 131 Å². The molecule has 0 spiro atoms. The molecule has 0 aromatic carbocycles. The molecule has 2 aliphatic heterocycles. The van der Waals surface area contributed by atoms with Crippen molar-refractivity contribution >= 4 is 23.6 Å². The maximum Gasteiger partial charge on any atom is 0.246 e. The summed E-state index contributed by atoms with van der Waals surface area (Å²) in [6, 6.07) is -0.0864. The predicted molar refractivity (Wildman–Crippen MR) is 131 cm³/mol. The normalized spacial score (nSPS) is 34.1. The van der Waals surface area contributed by atoms with Crippen molar-refractivity contribution in [2.45, 2.75) is 71.0 Å². The summed E-state index contributed by atoms with van der Waals surface area (Å²) in [4.78, 5) is 54.1. The molecule has 3 aliphatic carbocycles. The van der Waals surface area contributed by atoms with E-state index in [-0.39, 0.29) is 59.6 Å². The van der Waals surface area contributed by atoms with E-state index in [9.17, 15) is 24.4 Å². The third-order valence-corrected chi connectivity index (χ3v) is 8.85. The van der Waals surface area contributed by atoms with Crippen LogP contribution >= 0.6 is 0 Å². The third kappa shape index (κ3) is 4.51. The van der Waals surface area contributed by atoms with E-state index >= 15 is 0 Å². The lowest BCUT2D eigenvalue weighted by Gasteiger charge is -2.37. The summed E-state index contributed by atoms with van der Waals surface area (Å²) < 4.78 is 0. The van der Waals surface area contributed by atoms with E-state index in [4.69, 9.17) is 0 Å². The second-order valence-electron chi connectivity index (χ2n) is 12.4. The van der Waals surface area contributed by atoms with Gasteiger partial charge in [-0.1, -0.05) is 32.9 Å². The molecule has 5 aliphatic rings. The second kappa shape index (κ2) is 9.20. The Balaban J connectivity index is 1.37. The Morgan fingerprint density at radius 1 is 1.14 bits per heavy atom. The summed E-state index contributed by atoms with van der Waals surface area (Å²) in [5.74, 6) is -0.290. The zero-order chi connectivity index (χ0) is 25.8. The Morgan fingerprint density at radius 2 is 1.86 bits per heavy atom. The van der Waals surface area contributed by atoms with Crippen molar-refractivity contribution in [1.29, 1.82) is 5.26 Å². The number of carbonyl (C=O) groups is 4. The molecule has 194 valence electrons. The molecule has 0 aromatic rings. The van der Waals surface area contributed by atoms with E-state index in [1.807, 2.05) is 20.8 Å². The van der Waals surface area contributed by atoms with Crippen LogP contribution in [0.15, 0.2) is 12.2 Å². The van der Waals surface area contributed by atoms with Gasteiger partial charge in [-0.25, -0.2) is 0 Å².